The summed E-state index contributed by atoms with van der Waals surface area (Å²) < 4.78 is 2.00. The van der Waals surface area contributed by atoms with Crippen LogP contribution in [-0.4, -0.2) is 14.8 Å². The van der Waals surface area contributed by atoms with E-state index in [0.29, 0.717) is 11.2 Å². The Hall–Kier alpha value is -0.870. The normalized spacial score (nSPS) is 13.3. The molecule has 2 aromatic heterocycles. The van der Waals surface area contributed by atoms with Gasteiger partial charge in [0.1, 0.15) is 5.82 Å². The fourth-order valence-electron chi connectivity index (χ4n) is 1.69. The highest BCUT2D eigenvalue weighted by molar-refractivity contribution is 7.10. The van der Waals surface area contributed by atoms with Crippen LogP contribution < -0.4 is 0 Å². The van der Waals surface area contributed by atoms with E-state index in [1.54, 1.807) is 11.3 Å². The highest BCUT2D eigenvalue weighted by Gasteiger charge is 2.19. The van der Waals surface area contributed by atoms with E-state index in [4.69, 9.17) is 11.6 Å². The summed E-state index contributed by atoms with van der Waals surface area (Å²) in [4.78, 5) is 1.27. The van der Waals surface area contributed by atoms with Crippen molar-refractivity contribution < 1.29 is 0 Å². The van der Waals surface area contributed by atoms with Gasteiger partial charge in [0, 0.05) is 10.8 Å². The quantitative estimate of drug-likeness (QED) is 0.837. The van der Waals surface area contributed by atoms with Gasteiger partial charge in [-0.25, -0.2) is 0 Å². The van der Waals surface area contributed by atoms with Crippen molar-refractivity contribution in [1.82, 2.24) is 14.8 Å². The number of aromatic nitrogens is 3. The molecule has 86 valence electrons. The number of rotatable bonds is 3. The maximum Gasteiger partial charge on any atom is 0.225 e. The van der Waals surface area contributed by atoms with Gasteiger partial charge in [-0.1, -0.05) is 19.9 Å². The van der Waals surface area contributed by atoms with E-state index in [9.17, 15) is 0 Å². The lowest BCUT2D eigenvalue weighted by Crippen LogP contribution is -2.11. The maximum absolute atomic E-state index is 6.09. The van der Waals surface area contributed by atoms with Crippen molar-refractivity contribution in [2.24, 2.45) is 0 Å². The van der Waals surface area contributed by atoms with E-state index in [-0.39, 0.29) is 6.04 Å². The van der Waals surface area contributed by atoms with Crippen LogP contribution >= 0.6 is 22.9 Å². The van der Waals surface area contributed by atoms with Crippen LogP contribution in [0.3, 0.4) is 0 Å². The molecule has 16 heavy (non-hydrogen) atoms. The maximum atomic E-state index is 6.09. The molecule has 5 heteroatoms. The third kappa shape index (κ3) is 1.99. The average molecular weight is 256 g/mol. The third-order valence-electron chi connectivity index (χ3n) is 2.54. The van der Waals surface area contributed by atoms with Crippen molar-refractivity contribution in [2.45, 2.75) is 32.7 Å². The molecule has 1 unspecified atom stereocenters. The summed E-state index contributed by atoms with van der Waals surface area (Å²) in [6, 6.07) is 4.35. The summed E-state index contributed by atoms with van der Waals surface area (Å²) >= 11 is 7.82. The van der Waals surface area contributed by atoms with Gasteiger partial charge in [-0.05, 0) is 30.0 Å². The molecule has 2 heterocycles. The minimum Gasteiger partial charge on any atom is -0.293 e. The molecule has 0 fully saturated rings. The number of thiophene rings is 1. The number of halogens is 1. The SMILES string of the molecule is CC(C)c1nnc(Cl)n1C(C)c1cccs1. The molecule has 0 aliphatic carbocycles. The Morgan fingerprint density at radius 2 is 2.06 bits per heavy atom. The van der Waals surface area contributed by atoms with Gasteiger partial charge < -0.3 is 0 Å². The zero-order valence-corrected chi connectivity index (χ0v) is 11.1. The lowest BCUT2D eigenvalue weighted by atomic mass is 10.2. The van der Waals surface area contributed by atoms with E-state index in [1.807, 2.05) is 10.6 Å². The van der Waals surface area contributed by atoms with Gasteiger partial charge >= 0.3 is 0 Å². The molecule has 0 saturated carbocycles. The number of hydrogen-bond acceptors (Lipinski definition) is 3. The van der Waals surface area contributed by atoms with E-state index in [1.165, 1.54) is 4.88 Å². The Bertz CT molecular complexity index is 462. The monoisotopic (exact) mass is 255 g/mol. The van der Waals surface area contributed by atoms with E-state index >= 15 is 0 Å². The molecular weight excluding hydrogens is 242 g/mol. The molecule has 0 amide bonds. The second-order valence-corrected chi connectivity index (χ2v) is 5.36. The summed E-state index contributed by atoms with van der Waals surface area (Å²) in [5, 5.41) is 10.6. The van der Waals surface area contributed by atoms with E-state index < -0.39 is 0 Å². The van der Waals surface area contributed by atoms with Crippen LogP contribution in [0.5, 0.6) is 0 Å². The Morgan fingerprint density at radius 3 is 2.62 bits per heavy atom. The number of hydrogen-bond donors (Lipinski definition) is 0. The molecular formula is C11H14ClN3S. The van der Waals surface area contributed by atoms with E-state index in [0.717, 1.165) is 5.82 Å². The number of nitrogens with zero attached hydrogens (tertiary/aromatic N) is 3. The molecule has 0 spiro atoms. The first-order valence-electron chi connectivity index (χ1n) is 5.25. The van der Waals surface area contributed by atoms with Gasteiger partial charge in [-0.3, -0.25) is 4.57 Å². The van der Waals surface area contributed by atoms with Crippen LogP contribution in [0.15, 0.2) is 17.5 Å². The van der Waals surface area contributed by atoms with Gasteiger partial charge in [-0.2, -0.15) is 0 Å². The lowest BCUT2D eigenvalue weighted by Gasteiger charge is -2.16. The largest absolute Gasteiger partial charge is 0.293 e. The van der Waals surface area contributed by atoms with E-state index in [2.05, 4.69) is 42.4 Å². The van der Waals surface area contributed by atoms with Gasteiger partial charge in [0.15, 0.2) is 0 Å². The Kier molecular flexibility index (Phi) is 3.30. The second kappa shape index (κ2) is 4.55. The molecule has 0 aliphatic rings. The predicted octanol–water partition coefficient (Wildman–Crippen LogP) is 3.73. The van der Waals surface area contributed by atoms with Crippen molar-refractivity contribution >= 4 is 22.9 Å². The first-order chi connectivity index (χ1) is 7.61. The van der Waals surface area contributed by atoms with Crippen LogP contribution in [0, 0.1) is 0 Å². The zero-order chi connectivity index (χ0) is 11.7. The molecule has 0 saturated heterocycles. The smallest absolute Gasteiger partial charge is 0.225 e. The molecule has 1 atom stereocenters. The van der Waals surface area contributed by atoms with Gasteiger partial charge in [-0.15, -0.1) is 21.5 Å². The topological polar surface area (TPSA) is 30.7 Å². The minimum atomic E-state index is 0.194. The molecule has 0 aliphatic heterocycles. The zero-order valence-electron chi connectivity index (χ0n) is 9.51. The van der Waals surface area contributed by atoms with Crippen LogP contribution in [0.25, 0.3) is 0 Å². The van der Waals surface area contributed by atoms with Crippen molar-refractivity contribution in [3.8, 4) is 0 Å². The third-order valence-corrected chi connectivity index (χ3v) is 3.84. The van der Waals surface area contributed by atoms with Crippen molar-refractivity contribution in [1.29, 1.82) is 0 Å². The fourth-order valence-corrected chi connectivity index (χ4v) is 2.74. The van der Waals surface area contributed by atoms with Gasteiger partial charge in [0.25, 0.3) is 0 Å². The molecule has 0 aromatic carbocycles. The summed E-state index contributed by atoms with van der Waals surface area (Å²) in [5.74, 6) is 1.26. The first kappa shape index (κ1) is 11.6. The fraction of sp³-hybridized carbons (Fsp3) is 0.455. The average Bonchev–Trinajstić information content (AvgIpc) is 2.84. The lowest BCUT2D eigenvalue weighted by molar-refractivity contribution is 0.586. The molecule has 0 radical (unpaired) electrons. The standard InChI is InChI=1S/C11H14ClN3S/c1-7(2)10-13-14-11(12)15(10)8(3)9-5-4-6-16-9/h4-8H,1-3H3. The molecule has 2 rings (SSSR count). The molecule has 0 N–H and O–H groups in total. The predicted molar refractivity (Wildman–Crippen MR) is 67.3 cm³/mol. The van der Waals surface area contributed by atoms with Crippen LogP contribution in [0.4, 0.5) is 0 Å². The highest BCUT2D eigenvalue weighted by atomic mass is 35.5. The molecule has 0 bridgehead atoms. The molecule has 3 nitrogen and oxygen atoms in total. The Labute approximate surface area is 104 Å². The van der Waals surface area contributed by atoms with Crippen molar-refractivity contribution in [2.75, 3.05) is 0 Å². The van der Waals surface area contributed by atoms with Gasteiger partial charge in [0.05, 0.1) is 6.04 Å². The summed E-state index contributed by atoms with van der Waals surface area (Å²) in [6.45, 7) is 6.31. The van der Waals surface area contributed by atoms with Crippen LogP contribution in [0.1, 0.15) is 43.4 Å². The first-order valence-corrected chi connectivity index (χ1v) is 6.50. The van der Waals surface area contributed by atoms with Crippen LogP contribution in [0.2, 0.25) is 5.28 Å². The molecule has 2 aromatic rings. The van der Waals surface area contributed by atoms with Gasteiger partial charge in [0.2, 0.25) is 5.28 Å². The minimum absolute atomic E-state index is 0.194. The summed E-state index contributed by atoms with van der Waals surface area (Å²) in [7, 11) is 0. The Morgan fingerprint density at radius 1 is 1.31 bits per heavy atom. The Balaban J connectivity index is 2.43. The summed E-state index contributed by atoms with van der Waals surface area (Å²) in [6.07, 6.45) is 0. The van der Waals surface area contributed by atoms with Crippen molar-refractivity contribution in [3.63, 3.8) is 0 Å². The summed E-state index contributed by atoms with van der Waals surface area (Å²) in [5.41, 5.74) is 0. The second-order valence-electron chi connectivity index (χ2n) is 4.04. The highest BCUT2D eigenvalue weighted by Crippen LogP contribution is 2.28. The van der Waals surface area contributed by atoms with Crippen LogP contribution in [-0.2, 0) is 0 Å². The van der Waals surface area contributed by atoms with Crippen molar-refractivity contribution in [3.05, 3.63) is 33.5 Å².